The number of morpholine rings is 1. The predicted molar refractivity (Wildman–Crippen MR) is 91.6 cm³/mol. The molecule has 0 atom stereocenters. The van der Waals surface area contributed by atoms with E-state index in [0.29, 0.717) is 13.2 Å². The largest absolute Gasteiger partial charge is 0.379 e. The third-order valence-electron chi connectivity index (χ3n) is 3.58. The van der Waals surface area contributed by atoms with Gasteiger partial charge in [0.1, 0.15) is 0 Å². The van der Waals surface area contributed by atoms with Gasteiger partial charge in [0.15, 0.2) is 0 Å². The van der Waals surface area contributed by atoms with E-state index in [4.69, 9.17) is 4.74 Å². The highest BCUT2D eigenvalue weighted by molar-refractivity contribution is 7.89. The van der Waals surface area contributed by atoms with Crippen LogP contribution in [-0.2, 0) is 19.6 Å². The van der Waals surface area contributed by atoms with Crippen molar-refractivity contribution in [2.45, 2.75) is 24.8 Å². The summed E-state index contributed by atoms with van der Waals surface area (Å²) >= 11 is 0. The highest BCUT2D eigenvalue weighted by Crippen LogP contribution is 2.21. The molecule has 0 unspecified atom stereocenters. The fourth-order valence-corrected chi connectivity index (χ4v) is 4.03. The lowest BCUT2D eigenvalue weighted by atomic mass is 10.2. The third kappa shape index (κ3) is 5.00. The van der Waals surface area contributed by atoms with Gasteiger partial charge in [0.05, 0.1) is 30.2 Å². The van der Waals surface area contributed by atoms with Crippen LogP contribution in [0.2, 0.25) is 0 Å². The topological polar surface area (TPSA) is 105 Å². The molecule has 138 valence electrons. The van der Waals surface area contributed by atoms with Crippen molar-refractivity contribution >= 4 is 21.8 Å². The summed E-state index contributed by atoms with van der Waals surface area (Å²) in [4.78, 5) is 24.0. The first-order chi connectivity index (χ1) is 11.8. The van der Waals surface area contributed by atoms with E-state index in [0.717, 1.165) is 0 Å². The molecule has 1 fully saturated rings. The molecular weight excluding hydrogens is 346 g/mol. The number of sulfonamides is 1. The van der Waals surface area contributed by atoms with Crippen LogP contribution in [0.1, 0.15) is 24.2 Å². The molecule has 1 heterocycles. The maximum absolute atomic E-state index is 12.8. The second kappa shape index (κ2) is 8.41. The summed E-state index contributed by atoms with van der Waals surface area (Å²) in [6.07, 6.45) is 0. The van der Waals surface area contributed by atoms with Gasteiger partial charge in [0.25, 0.3) is 5.91 Å². The minimum Gasteiger partial charge on any atom is -0.379 e. The number of amides is 2. The normalized spacial score (nSPS) is 15.8. The van der Waals surface area contributed by atoms with Crippen molar-refractivity contribution in [1.29, 1.82) is 0 Å². The molecule has 8 nitrogen and oxygen atoms in total. The van der Waals surface area contributed by atoms with Gasteiger partial charge >= 0.3 is 0 Å². The van der Waals surface area contributed by atoms with E-state index in [1.165, 1.54) is 16.4 Å². The first-order valence-electron chi connectivity index (χ1n) is 8.07. The molecule has 0 radical (unpaired) electrons. The predicted octanol–water partition coefficient (Wildman–Crippen LogP) is -0.0381. The Balaban J connectivity index is 2.17. The molecule has 2 amide bonds. The van der Waals surface area contributed by atoms with E-state index >= 15 is 0 Å². The standard InChI is InChI=1S/C16H23N3O5S/c1-12(2)18-15(20)11-17-16(21)13-5-3-4-6-14(13)25(22,23)19-7-9-24-10-8-19/h3-6,12H,7-11H2,1-2H3,(H,17,21)(H,18,20). The van der Waals surface area contributed by atoms with Crippen molar-refractivity contribution in [2.75, 3.05) is 32.8 Å². The number of hydrogen-bond donors (Lipinski definition) is 2. The molecule has 1 aromatic rings. The minimum atomic E-state index is -3.80. The lowest BCUT2D eigenvalue weighted by molar-refractivity contribution is -0.120. The summed E-state index contributed by atoms with van der Waals surface area (Å²) in [7, 11) is -3.80. The van der Waals surface area contributed by atoms with Crippen LogP contribution in [0.3, 0.4) is 0 Å². The smallest absolute Gasteiger partial charge is 0.253 e. The van der Waals surface area contributed by atoms with E-state index < -0.39 is 15.9 Å². The fraction of sp³-hybridized carbons (Fsp3) is 0.500. The number of ether oxygens (including phenoxy) is 1. The Morgan fingerprint density at radius 1 is 1.20 bits per heavy atom. The molecule has 2 N–H and O–H groups in total. The first kappa shape index (κ1) is 19.4. The Bertz CT molecular complexity index is 727. The number of benzene rings is 1. The van der Waals surface area contributed by atoms with Crippen LogP contribution >= 0.6 is 0 Å². The Hall–Kier alpha value is -1.97. The summed E-state index contributed by atoms with van der Waals surface area (Å²) in [6, 6.07) is 5.94. The van der Waals surface area contributed by atoms with Crippen LogP contribution in [0.4, 0.5) is 0 Å². The maximum Gasteiger partial charge on any atom is 0.253 e. The van der Waals surface area contributed by atoms with Crippen molar-refractivity contribution in [2.24, 2.45) is 0 Å². The van der Waals surface area contributed by atoms with Gasteiger partial charge in [-0.15, -0.1) is 0 Å². The zero-order chi connectivity index (χ0) is 18.4. The van der Waals surface area contributed by atoms with Gasteiger partial charge in [-0.25, -0.2) is 8.42 Å². The van der Waals surface area contributed by atoms with Gasteiger partial charge in [-0.1, -0.05) is 12.1 Å². The number of nitrogens with zero attached hydrogens (tertiary/aromatic N) is 1. The van der Waals surface area contributed by atoms with Crippen molar-refractivity contribution in [3.63, 3.8) is 0 Å². The number of nitrogens with one attached hydrogen (secondary N) is 2. The van der Waals surface area contributed by atoms with Crippen LogP contribution in [-0.4, -0.2) is 63.4 Å². The van der Waals surface area contributed by atoms with Crippen LogP contribution in [0.15, 0.2) is 29.2 Å². The molecule has 1 aliphatic rings. The van der Waals surface area contributed by atoms with Gasteiger partial charge < -0.3 is 15.4 Å². The highest BCUT2D eigenvalue weighted by atomic mass is 32.2. The lowest BCUT2D eigenvalue weighted by Gasteiger charge is -2.26. The van der Waals surface area contributed by atoms with Crippen LogP contribution in [0.5, 0.6) is 0 Å². The van der Waals surface area contributed by atoms with E-state index in [1.807, 2.05) is 13.8 Å². The second-order valence-electron chi connectivity index (χ2n) is 5.92. The molecule has 1 aromatic carbocycles. The summed E-state index contributed by atoms with van der Waals surface area (Å²) in [5.74, 6) is -0.941. The highest BCUT2D eigenvalue weighted by Gasteiger charge is 2.30. The molecule has 1 saturated heterocycles. The second-order valence-corrected chi connectivity index (χ2v) is 7.82. The van der Waals surface area contributed by atoms with Gasteiger partial charge in [-0.2, -0.15) is 4.31 Å². The summed E-state index contributed by atoms with van der Waals surface area (Å²) in [5, 5.41) is 5.11. The van der Waals surface area contributed by atoms with Crippen LogP contribution in [0, 0.1) is 0 Å². The van der Waals surface area contributed by atoms with Crippen molar-refractivity contribution in [3.8, 4) is 0 Å². The number of carbonyl (C=O) groups excluding carboxylic acids is 2. The van der Waals surface area contributed by atoms with E-state index in [-0.39, 0.29) is 42.0 Å². The average molecular weight is 369 g/mol. The quantitative estimate of drug-likeness (QED) is 0.732. The van der Waals surface area contributed by atoms with Crippen LogP contribution < -0.4 is 10.6 Å². The summed E-state index contributed by atoms with van der Waals surface area (Å²) in [6.45, 7) is 4.53. The molecule has 25 heavy (non-hydrogen) atoms. The number of carbonyl (C=O) groups is 2. The first-order valence-corrected chi connectivity index (χ1v) is 9.51. The minimum absolute atomic E-state index is 0.0198. The Morgan fingerprint density at radius 2 is 1.84 bits per heavy atom. The van der Waals surface area contributed by atoms with Gasteiger partial charge in [0.2, 0.25) is 15.9 Å². The van der Waals surface area contributed by atoms with Crippen molar-refractivity contribution in [3.05, 3.63) is 29.8 Å². The Kier molecular flexibility index (Phi) is 6.51. The Morgan fingerprint density at radius 3 is 2.48 bits per heavy atom. The zero-order valence-corrected chi connectivity index (χ0v) is 15.1. The Labute approximate surface area is 147 Å². The lowest BCUT2D eigenvalue weighted by Crippen LogP contribution is -2.42. The zero-order valence-electron chi connectivity index (χ0n) is 14.3. The average Bonchev–Trinajstić information content (AvgIpc) is 2.60. The van der Waals surface area contributed by atoms with Crippen molar-refractivity contribution < 1.29 is 22.7 Å². The maximum atomic E-state index is 12.8. The van der Waals surface area contributed by atoms with Crippen molar-refractivity contribution in [1.82, 2.24) is 14.9 Å². The molecule has 9 heteroatoms. The third-order valence-corrected chi connectivity index (χ3v) is 5.54. The number of hydrogen-bond acceptors (Lipinski definition) is 5. The molecule has 0 bridgehead atoms. The monoisotopic (exact) mass is 369 g/mol. The van der Waals surface area contributed by atoms with Crippen LogP contribution in [0.25, 0.3) is 0 Å². The summed E-state index contributed by atoms with van der Waals surface area (Å²) in [5.41, 5.74) is 0.0198. The molecule has 0 saturated carbocycles. The molecule has 0 aliphatic carbocycles. The van der Waals surface area contributed by atoms with Gasteiger partial charge in [-0.05, 0) is 26.0 Å². The number of rotatable bonds is 6. The van der Waals surface area contributed by atoms with Gasteiger partial charge in [-0.3, -0.25) is 9.59 Å². The van der Waals surface area contributed by atoms with E-state index in [2.05, 4.69) is 10.6 Å². The molecule has 2 rings (SSSR count). The van der Waals surface area contributed by atoms with Gasteiger partial charge in [0, 0.05) is 19.1 Å². The molecular formula is C16H23N3O5S. The SMILES string of the molecule is CC(C)NC(=O)CNC(=O)c1ccccc1S(=O)(=O)N1CCOCC1. The molecule has 0 aromatic heterocycles. The summed E-state index contributed by atoms with van der Waals surface area (Å²) < 4.78 is 32.1. The fourth-order valence-electron chi connectivity index (χ4n) is 2.43. The molecule has 1 aliphatic heterocycles. The van der Waals surface area contributed by atoms with E-state index in [9.17, 15) is 18.0 Å². The molecule has 0 spiro atoms. The van der Waals surface area contributed by atoms with E-state index in [1.54, 1.807) is 12.1 Å².